The lowest BCUT2D eigenvalue weighted by molar-refractivity contribution is 0.209. The number of hydrogen-bond acceptors (Lipinski definition) is 3. The van der Waals surface area contributed by atoms with Gasteiger partial charge in [-0.25, -0.2) is 9.79 Å². The fourth-order valence-electron chi connectivity index (χ4n) is 1.89. The predicted octanol–water partition coefficient (Wildman–Crippen LogP) is 4.32. The van der Waals surface area contributed by atoms with Crippen LogP contribution in [-0.2, 0) is 0 Å². The lowest BCUT2D eigenvalue weighted by atomic mass is 10.1. The third kappa shape index (κ3) is 5.86. The van der Waals surface area contributed by atoms with E-state index in [9.17, 15) is 4.79 Å². The number of thioether (sulfide) groups is 1. The molecule has 0 fully saturated rings. The number of aryl methyl sites for hydroxylation is 2. The highest BCUT2D eigenvalue weighted by atomic mass is 127. The van der Waals surface area contributed by atoms with Gasteiger partial charge in [0.1, 0.15) is 0 Å². The van der Waals surface area contributed by atoms with E-state index in [1.54, 1.807) is 4.90 Å². The molecule has 1 rings (SSSR count). The summed E-state index contributed by atoms with van der Waals surface area (Å²) in [4.78, 5) is 18.4. The van der Waals surface area contributed by atoms with Crippen LogP contribution in [0.4, 0.5) is 10.5 Å². The van der Waals surface area contributed by atoms with E-state index in [0.29, 0.717) is 18.3 Å². The van der Waals surface area contributed by atoms with E-state index in [1.807, 2.05) is 52.1 Å². The second-order valence-corrected chi connectivity index (χ2v) is 5.26. The summed E-state index contributed by atoms with van der Waals surface area (Å²) >= 11 is 1.44. The summed E-state index contributed by atoms with van der Waals surface area (Å²) in [5.74, 6) is 0. The normalized spacial score (nSPS) is 10.8. The lowest BCUT2D eigenvalue weighted by Gasteiger charge is -2.19. The highest BCUT2D eigenvalue weighted by molar-refractivity contribution is 14.0. The number of aliphatic imine (C=N–C) groups is 1. The number of amidine groups is 1. The minimum atomic E-state index is -0.102. The third-order valence-electron chi connectivity index (χ3n) is 3.11. The van der Waals surface area contributed by atoms with Gasteiger partial charge in [-0.3, -0.25) is 5.32 Å². The van der Waals surface area contributed by atoms with Crippen molar-refractivity contribution in [3.63, 3.8) is 0 Å². The molecule has 0 radical (unpaired) electrons. The number of carbonyl (C=O) groups is 1. The zero-order chi connectivity index (χ0) is 15.1. The molecule has 118 valence electrons. The first-order chi connectivity index (χ1) is 9.53. The van der Waals surface area contributed by atoms with Crippen molar-refractivity contribution >= 4 is 52.6 Å². The summed E-state index contributed by atoms with van der Waals surface area (Å²) in [6, 6.07) is 5.96. The zero-order valence-electron chi connectivity index (χ0n) is 13.3. The van der Waals surface area contributed by atoms with Crippen molar-refractivity contribution < 1.29 is 4.79 Å². The average Bonchev–Trinajstić information content (AvgIpc) is 2.43. The highest BCUT2D eigenvalue weighted by Gasteiger charge is 2.12. The smallest absolute Gasteiger partial charge is 0.323 e. The molecule has 1 N–H and O–H groups in total. The van der Waals surface area contributed by atoms with E-state index in [4.69, 9.17) is 0 Å². The van der Waals surface area contributed by atoms with Gasteiger partial charge in [0.15, 0.2) is 5.17 Å². The van der Waals surface area contributed by atoms with Gasteiger partial charge >= 0.3 is 6.03 Å². The maximum atomic E-state index is 12.1. The first-order valence-electron chi connectivity index (χ1n) is 6.78. The number of urea groups is 1. The van der Waals surface area contributed by atoms with Crippen LogP contribution in [0.3, 0.4) is 0 Å². The largest absolute Gasteiger partial charge is 0.325 e. The molecule has 0 aliphatic heterocycles. The van der Waals surface area contributed by atoms with Crippen LogP contribution in [0.25, 0.3) is 0 Å². The molecule has 0 atom stereocenters. The molecule has 0 aliphatic carbocycles. The summed E-state index contributed by atoms with van der Waals surface area (Å²) in [5, 5.41) is 3.50. The molecule has 0 heterocycles. The number of amides is 2. The van der Waals surface area contributed by atoms with E-state index in [-0.39, 0.29) is 30.0 Å². The van der Waals surface area contributed by atoms with Gasteiger partial charge in [0.2, 0.25) is 0 Å². The standard InChI is InChI=1S/C15H23N3OS.HI/c1-6-18(7-2)15(19)17-14(20-5)16-13-11(3)9-8-10-12(13)4;/h8-10H,6-7H2,1-5H3,(H,16,17,19);1H. The molecule has 0 aliphatic rings. The number of benzene rings is 1. The van der Waals surface area contributed by atoms with Gasteiger partial charge in [-0.2, -0.15) is 0 Å². The van der Waals surface area contributed by atoms with Crippen molar-refractivity contribution in [1.82, 2.24) is 10.2 Å². The van der Waals surface area contributed by atoms with E-state index in [2.05, 4.69) is 10.3 Å². The van der Waals surface area contributed by atoms with Gasteiger partial charge in [-0.05, 0) is 45.1 Å². The Morgan fingerprint density at radius 2 is 1.76 bits per heavy atom. The number of nitrogens with zero attached hydrogens (tertiary/aromatic N) is 2. The molecule has 2 amide bonds. The molecule has 21 heavy (non-hydrogen) atoms. The second-order valence-electron chi connectivity index (χ2n) is 4.46. The van der Waals surface area contributed by atoms with Crippen molar-refractivity contribution in [3.05, 3.63) is 29.3 Å². The fourth-order valence-corrected chi connectivity index (χ4v) is 2.26. The quantitative estimate of drug-likeness (QED) is 0.449. The number of rotatable bonds is 3. The van der Waals surface area contributed by atoms with Gasteiger partial charge < -0.3 is 4.90 Å². The SMILES string of the molecule is CCN(CC)C(=O)NC(=Nc1c(C)cccc1C)SC.I. The van der Waals surface area contributed by atoms with E-state index in [0.717, 1.165) is 16.8 Å². The van der Waals surface area contributed by atoms with Crippen LogP contribution < -0.4 is 5.32 Å². The van der Waals surface area contributed by atoms with Crippen molar-refractivity contribution in [1.29, 1.82) is 0 Å². The minimum Gasteiger partial charge on any atom is -0.325 e. The Hall–Kier alpha value is -0.760. The van der Waals surface area contributed by atoms with Crippen LogP contribution in [0, 0.1) is 13.8 Å². The summed E-state index contributed by atoms with van der Waals surface area (Å²) in [6.45, 7) is 9.35. The third-order valence-corrected chi connectivity index (χ3v) is 3.69. The fraction of sp³-hybridized carbons (Fsp3) is 0.467. The lowest BCUT2D eigenvalue weighted by Crippen LogP contribution is -2.41. The monoisotopic (exact) mass is 421 g/mol. The topological polar surface area (TPSA) is 44.7 Å². The van der Waals surface area contributed by atoms with Crippen molar-refractivity contribution in [2.24, 2.45) is 4.99 Å². The van der Waals surface area contributed by atoms with Gasteiger partial charge in [-0.15, -0.1) is 24.0 Å². The summed E-state index contributed by atoms with van der Waals surface area (Å²) in [6.07, 6.45) is 1.91. The van der Waals surface area contributed by atoms with Crippen molar-refractivity contribution in [3.8, 4) is 0 Å². The summed E-state index contributed by atoms with van der Waals surface area (Å²) < 4.78 is 0. The number of halogens is 1. The molecular formula is C15H24IN3OS. The molecule has 1 aromatic rings. The Kier molecular flexibility index (Phi) is 9.68. The molecule has 4 nitrogen and oxygen atoms in total. The Labute approximate surface area is 148 Å². The van der Waals surface area contributed by atoms with E-state index in [1.165, 1.54) is 11.8 Å². The summed E-state index contributed by atoms with van der Waals surface area (Å²) in [5.41, 5.74) is 3.14. The van der Waals surface area contributed by atoms with Gasteiger partial charge in [0, 0.05) is 13.1 Å². The molecule has 0 spiro atoms. The Morgan fingerprint density at radius 1 is 1.24 bits per heavy atom. The van der Waals surface area contributed by atoms with Crippen LogP contribution in [0.15, 0.2) is 23.2 Å². The highest BCUT2D eigenvalue weighted by Crippen LogP contribution is 2.24. The maximum absolute atomic E-state index is 12.1. The zero-order valence-corrected chi connectivity index (χ0v) is 16.4. The Balaban J connectivity index is 0.00000400. The van der Waals surface area contributed by atoms with Crippen LogP contribution in [0.5, 0.6) is 0 Å². The Bertz CT molecular complexity index is 481. The molecule has 0 saturated carbocycles. The number of carbonyl (C=O) groups excluding carboxylic acids is 1. The summed E-state index contributed by atoms with van der Waals surface area (Å²) in [7, 11) is 0. The second kappa shape index (κ2) is 10.0. The molecule has 0 saturated heterocycles. The molecule has 0 aromatic heterocycles. The van der Waals surface area contributed by atoms with Gasteiger partial charge in [0.25, 0.3) is 0 Å². The number of para-hydroxylation sites is 1. The molecule has 1 aromatic carbocycles. The average molecular weight is 421 g/mol. The molecule has 0 bridgehead atoms. The predicted molar refractivity (Wildman–Crippen MR) is 103 cm³/mol. The van der Waals surface area contributed by atoms with E-state index >= 15 is 0 Å². The minimum absolute atomic E-state index is 0. The first-order valence-corrected chi connectivity index (χ1v) is 8.00. The van der Waals surface area contributed by atoms with Crippen LogP contribution >= 0.6 is 35.7 Å². The van der Waals surface area contributed by atoms with Gasteiger partial charge in [0.05, 0.1) is 5.69 Å². The maximum Gasteiger partial charge on any atom is 0.323 e. The number of nitrogens with one attached hydrogen (secondary N) is 1. The first kappa shape index (κ1) is 20.2. The van der Waals surface area contributed by atoms with Crippen molar-refractivity contribution in [2.45, 2.75) is 27.7 Å². The van der Waals surface area contributed by atoms with Crippen LogP contribution in [0.1, 0.15) is 25.0 Å². The Morgan fingerprint density at radius 3 is 2.19 bits per heavy atom. The number of hydrogen-bond donors (Lipinski definition) is 1. The molecule has 6 heteroatoms. The molecular weight excluding hydrogens is 397 g/mol. The van der Waals surface area contributed by atoms with Crippen LogP contribution in [-0.4, -0.2) is 35.4 Å². The van der Waals surface area contributed by atoms with Crippen LogP contribution in [0.2, 0.25) is 0 Å². The van der Waals surface area contributed by atoms with E-state index < -0.39 is 0 Å². The molecule has 0 unspecified atom stereocenters. The van der Waals surface area contributed by atoms with Crippen molar-refractivity contribution in [2.75, 3.05) is 19.3 Å². The van der Waals surface area contributed by atoms with Gasteiger partial charge in [-0.1, -0.05) is 30.0 Å².